The van der Waals surface area contributed by atoms with Crippen LogP contribution in [0.1, 0.15) is 31.4 Å². The highest BCUT2D eigenvalue weighted by atomic mass is 32.2. The van der Waals surface area contributed by atoms with Crippen molar-refractivity contribution in [3.8, 4) is 11.4 Å². The zero-order valence-corrected chi connectivity index (χ0v) is 12.8. The fourth-order valence-corrected chi connectivity index (χ4v) is 3.05. The summed E-state index contributed by atoms with van der Waals surface area (Å²) in [5.41, 5.74) is 2.47. The molecule has 1 aliphatic rings. The number of rotatable bonds is 4. The quantitative estimate of drug-likeness (QED) is 0.876. The van der Waals surface area contributed by atoms with Gasteiger partial charge in [0.05, 0.1) is 0 Å². The Hall–Kier alpha value is -1.33. The van der Waals surface area contributed by atoms with E-state index >= 15 is 0 Å². The highest BCUT2D eigenvalue weighted by Gasteiger charge is 2.19. The van der Waals surface area contributed by atoms with Crippen molar-refractivity contribution in [3.63, 3.8) is 0 Å². The fourth-order valence-electron chi connectivity index (χ4n) is 2.73. The average Bonchev–Trinajstić information content (AvgIpc) is 3.18. The smallest absolute Gasteiger partial charge is 0.208 e. The lowest BCUT2D eigenvalue weighted by Gasteiger charge is -2.24. The van der Waals surface area contributed by atoms with Crippen molar-refractivity contribution in [2.45, 2.75) is 31.0 Å². The van der Waals surface area contributed by atoms with E-state index in [0.717, 1.165) is 16.5 Å². The zero-order valence-electron chi connectivity index (χ0n) is 12.0. The molecule has 0 spiro atoms. The number of thioether (sulfide) groups is 1. The van der Waals surface area contributed by atoms with Crippen molar-refractivity contribution < 1.29 is 0 Å². The summed E-state index contributed by atoms with van der Waals surface area (Å²) in [7, 11) is 0. The molecule has 5 heteroatoms. The number of benzene rings is 1. The molecule has 3 rings (SSSR count). The number of aromatic nitrogens is 3. The van der Waals surface area contributed by atoms with Crippen molar-refractivity contribution >= 4 is 11.8 Å². The molecular formula is C15H20N4S. The van der Waals surface area contributed by atoms with E-state index in [0.29, 0.717) is 6.04 Å². The van der Waals surface area contributed by atoms with Crippen LogP contribution in [0.25, 0.3) is 11.4 Å². The topological polar surface area (TPSA) is 44.8 Å². The summed E-state index contributed by atoms with van der Waals surface area (Å²) in [5.74, 6) is 0.842. The van der Waals surface area contributed by atoms with Gasteiger partial charge in [-0.1, -0.05) is 36.0 Å². The Kier molecular flexibility index (Phi) is 4.08. The van der Waals surface area contributed by atoms with Gasteiger partial charge in [-0.05, 0) is 44.7 Å². The second kappa shape index (κ2) is 5.97. The molecule has 106 valence electrons. The first kappa shape index (κ1) is 13.6. The van der Waals surface area contributed by atoms with Crippen molar-refractivity contribution in [2.75, 3.05) is 19.3 Å². The van der Waals surface area contributed by atoms with Gasteiger partial charge in [0, 0.05) is 11.6 Å². The summed E-state index contributed by atoms with van der Waals surface area (Å²) in [6.45, 7) is 4.74. The molecule has 2 aromatic rings. The molecule has 1 aliphatic heterocycles. The first-order valence-electron chi connectivity index (χ1n) is 7.08. The van der Waals surface area contributed by atoms with Crippen LogP contribution in [0.15, 0.2) is 29.4 Å². The first-order chi connectivity index (χ1) is 9.78. The van der Waals surface area contributed by atoms with Crippen LogP contribution in [-0.4, -0.2) is 39.4 Å². The third-order valence-electron chi connectivity index (χ3n) is 4.00. The van der Waals surface area contributed by atoms with E-state index in [9.17, 15) is 0 Å². The molecule has 0 radical (unpaired) electrons. The lowest BCUT2D eigenvalue weighted by Crippen LogP contribution is -2.23. The molecule has 1 aromatic carbocycles. The molecule has 2 heterocycles. The SMILES string of the molecule is CSc1n[nH]c(-c2ccc(C(C)N3CCCC3)cc2)n1. The van der Waals surface area contributed by atoms with Gasteiger partial charge in [-0.15, -0.1) is 5.10 Å². The predicted octanol–water partition coefficient (Wildman–Crippen LogP) is 3.35. The second-order valence-corrected chi connectivity index (χ2v) is 5.99. The summed E-state index contributed by atoms with van der Waals surface area (Å²) in [4.78, 5) is 6.99. The van der Waals surface area contributed by atoms with E-state index < -0.39 is 0 Å². The van der Waals surface area contributed by atoms with E-state index in [1.165, 1.54) is 31.5 Å². The predicted molar refractivity (Wildman–Crippen MR) is 82.8 cm³/mol. The van der Waals surface area contributed by atoms with Gasteiger partial charge in [0.1, 0.15) is 0 Å². The van der Waals surface area contributed by atoms with Gasteiger partial charge >= 0.3 is 0 Å². The van der Waals surface area contributed by atoms with E-state index in [1.54, 1.807) is 11.8 Å². The third-order valence-corrected chi connectivity index (χ3v) is 4.55. The van der Waals surface area contributed by atoms with Gasteiger partial charge < -0.3 is 0 Å². The number of likely N-dealkylation sites (tertiary alicyclic amines) is 1. The second-order valence-electron chi connectivity index (χ2n) is 5.21. The molecule has 1 unspecified atom stereocenters. The molecule has 0 aliphatic carbocycles. The lowest BCUT2D eigenvalue weighted by atomic mass is 10.0. The van der Waals surface area contributed by atoms with E-state index in [4.69, 9.17) is 0 Å². The summed E-state index contributed by atoms with van der Waals surface area (Å²) >= 11 is 1.55. The van der Waals surface area contributed by atoms with Crippen molar-refractivity contribution in [1.82, 2.24) is 20.1 Å². The maximum atomic E-state index is 4.44. The molecule has 1 fully saturated rings. The Morgan fingerprint density at radius 2 is 1.90 bits per heavy atom. The van der Waals surface area contributed by atoms with Crippen molar-refractivity contribution in [3.05, 3.63) is 29.8 Å². The average molecular weight is 288 g/mol. The number of nitrogens with one attached hydrogen (secondary N) is 1. The van der Waals surface area contributed by atoms with Gasteiger partial charge in [0.15, 0.2) is 5.82 Å². The van der Waals surface area contributed by atoms with Gasteiger partial charge in [-0.25, -0.2) is 4.98 Å². The summed E-state index contributed by atoms with van der Waals surface area (Å²) in [5, 5.41) is 7.92. The van der Waals surface area contributed by atoms with Crippen molar-refractivity contribution in [2.24, 2.45) is 0 Å². The number of nitrogens with zero attached hydrogens (tertiary/aromatic N) is 3. The minimum Gasteiger partial charge on any atom is -0.297 e. The highest BCUT2D eigenvalue weighted by Crippen LogP contribution is 2.26. The van der Waals surface area contributed by atoms with Gasteiger partial charge in [-0.3, -0.25) is 10.00 Å². The van der Waals surface area contributed by atoms with Crippen LogP contribution >= 0.6 is 11.8 Å². The van der Waals surface area contributed by atoms with Gasteiger partial charge in [-0.2, -0.15) is 0 Å². The van der Waals surface area contributed by atoms with Crippen LogP contribution in [0, 0.1) is 0 Å². The Labute approximate surface area is 124 Å². The minimum atomic E-state index is 0.503. The molecule has 1 atom stereocenters. The van der Waals surface area contributed by atoms with E-state index in [-0.39, 0.29) is 0 Å². The maximum Gasteiger partial charge on any atom is 0.208 e. The summed E-state index contributed by atoms with van der Waals surface area (Å²) in [6, 6.07) is 9.18. The van der Waals surface area contributed by atoms with E-state index in [1.807, 2.05) is 6.26 Å². The standard InChI is InChI=1S/C15H20N4S/c1-11(19-9-3-4-10-19)12-5-7-13(8-6-12)14-16-15(20-2)18-17-14/h5-8,11H,3-4,9-10H2,1-2H3,(H,16,17,18). The fraction of sp³-hybridized carbons (Fsp3) is 0.467. The number of hydrogen-bond acceptors (Lipinski definition) is 4. The molecule has 1 saturated heterocycles. The molecule has 4 nitrogen and oxygen atoms in total. The molecule has 0 bridgehead atoms. The highest BCUT2D eigenvalue weighted by molar-refractivity contribution is 7.98. The maximum absolute atomic E-state index is 4.44. The number of aromatic amines is 1. The molecule has 0 amide bonds. The summed E-state index contributed by atoms with van der Waals surface area (Å²) in [6.07, 6.45) is 4.64. The largest absolute Gasteiger partial charge is 0.297 e. The number of hydrogen-bond donors (Lipinski definition) is 1. The van der Waals surface area contributed by atoms with Crippen LogP contribution in [0.4, 0.5) is 0 Å². The zero-order chi connectivity index (χ0) is 13.9. The molecule has 1 N–H and O–H groups in total. The first-order valence-corrected chi connectivity index (χ1v) is 8.31. The Morgan fingerprint density at radius 3 is 2.50 bits per heavy atom. The molecular weight excluding hydrogens is 268 g/mol. The Bertz CT molecular complexity index is 558. The van der Waals surface area contributed by atoms with E-state index in [2.05, 4.69) is 51.3 Å². The van der Waals surface area contributed by atoms with Crippen LogP contribution in [-0.2, 0) is 0 Å². The normalized spacial score (nSPS) is 17.5. The van der Waals surface area contributed by atoms with Crippen LogP contribution in [0.3, 0.4) is 0 Å². The monoisotopic (exact) mass is 288 g/mol. The molecule has 0 saturated carbocycles. The number of H-pyrrole nitrogens is 1. The van der Waals surface area contributed by atoms with Crippen LogP contribution < -0.4 is 0 Å². The third kappa shape index (κ3) is 2.74. The molecule has 1 aromatic heterocycles. The van der Waals surface area contributed by atoms with Gasteiger partial charge in [0.2, 0.25) is 5.16 Å². The lowest BCUT2D eigenvalue weighted by molar-refractivity contribution is 0.263. The van der Waals surface area contributed by atoms with Gasteiger partial charge in [0.25, 0.3) is 0 Å². The minimum absolute atomic E-state index is 0.503. The Balaban J connectivity index is 1.76. The van der Waals surface area contributed by atoms with Crippen LogP contribution in [0.2, 0.25) is 0 Å². The summed E-state index contributed by atoms with van der Waals surface area (Å²) < 4.78 is 0. The van der Waals surface area contributed by atoms with Crippen molar-refractivity contribution in [1.29, 1.82) is 0 Å². The molecule has 20 heavy (non-hydrogen) atoms. The van der Waals surface area contributed by atoms with Crippen LogP contribution in [0.5, 0.6) is 0 Å². The Morgan fingerprint density at radius 1 is 1.20 bits per heavy atom.